The Bertz CT molecular complexity index is 1660. The van der Waals surface area contributed by atoms with Gasteiger partial charge >= 0.3 is 6.18 Å². The topological polar surface area (TPSA) is 84.0 Å². The first-order valence-corrected chi connectivity index (χ1v) is 11.4. The van der Waals surface area contributed by atoms with E-state index in [1.54, 1.807) is 0 Å². The van der Waals surface area contributed by atoms with Crippen molar-refractivity contribution in [2.45, 2.75) is 12.2 Å². The van der Waals surface area contributed by atoms with Crippen molar-refractivity contribution in [3.8, 4) is 11.3 Å². The van der Waals surface area contributed by atoms with Crippen LogP contribution in [0.5, 0.6) is 0 Å². The molecule has 0 saturated heterocycles. The van der Waals surface area contributed by atoms with E-state index in [4.69, 9.17) is 11.6 Å². The second-order valence-corrected chi connectivity index (χ2v) is 8.83. The maximum atomic E-state index is 14.5. The minimum Gasteiger partial charge on any atom is -0.340 e. The van der Waals surface area contributed by atoms with Crippen molar-refractivity contribution in [1.82, 2.24) is 15.3 Å². The fourth-order valence-electron chi connectivity index (χ4n) is 4.16. The summed E-state index contributed by atoms with van der Waals surface area (Å²) in [7, 11) is 0. The summed E-state index contributed by atoms with van der Waals surface area (Å²) >= 11 is 6.24. The lowest BCUT2D eigenvalue weighted by Gasteiger charge is -2.19. The van der Waals surface area contributed by atoms with Crippen LogP contribution in [0.15, 0.2) is 60.9 Å². The van der Waals surface area contributed by atoms with E-state index in [1.165, 1.54) is 24.4 Å². The van der Waals surface area contributed by atoms with Crippen LogP contribution in [0.1, 0.15) is 43.6 Å². The molecule has 3 heterocycles. The number of hydrogen-bond donors (Lipinski definition) is 2. The lowest BCUT2D eigenvalue weighted by molar-refractivity contribution is -0.137. The third-order valence-electron chi connectivity index (χ3n) is 5.89. The summed E-state index contributed by atoms with van der Waals surface area (Å²) in [6, 6.07) is 5.95. The van der Waals surface area contributed by atoms with Crippen LogP contribution in [-0.2, 0) is 6.18 Å². The van der Waals surface area contributed by atoms with Crippen molar-refractivity contribution in [3.63, 3.8) is 0 Å². The van der Waals surface area contributed by atoms with Crippen LogP contribution in [-0.4, -0.2) is 21.8 Å². The quantitative estimate of drug-likeness (QED) is 0.285. The average molecular weight is 563 g/mol. The van der Waals surface area contributed by atoms with E-state index in [-0.39, 0.29) is 44.9 Å². The summed E-state index contributed by atoms with van der Waals surface area (Å²) in [6.07, 6.45) is -2.79. The van der Waals surface area contributed by atoms with Gasteiger partial charge < -0.3 is 10.6 Å². The number of nitrogens with zero attached hydrogens (tertiary/aromatic N) is 2. The number of nitrogens with one attached hydrogen (secondary N) is 2. The molecule has 0 radical (unpaired) electrons. The Morgan fingerprint density at radius 2 is 1.77 bits per heavy atom. The minimum absolute atomic E-state index is 0.00786. The summed E-state index contributed by atoms with van der Waals surface area (Å²) in [4.78, 5) is 33.8. The minimum atomic E-state index is -4.93. The molecule has 1 aliphatic rings. The highest BCUT2D eigenvalue weighted by atomic mass is 35.5. The second-order valence-electron chi connectivity index (χ2n) is 8.43. The predicted octanol–water partition coefficient (Wildman–Crippen LogP) is 6.32. The fourth-order valence-corrected chi connectivity index (χ4v) is 4.39. The van der Waals surface area contributed by atoms with Crippen LogP contribution in [0.3, 0.4) is 0 Å². The number of alkyl halides is 3. The third-order valence-corrected chi connectivity index (χ3v) is 6.23. The largest absolute Gasteiger partial charge is 0.416 e. The molecule has 2 amide bonds. The van der Waals surface area contributed by atoms with Gasteiger partial charge in [-0.3, -0.25) is 14.6 Å². The monoisotopic (exact) mass is 562 g/mol. The summed E-state index contributed by atoms with van der Waals surface area (Å²) < 4.78 is 82.2. The lowest BCUT2D eigenvalue weighted by Crippen LogP contribution is -2.21. The molecule has 1 aliphatic heterocycles. The third kappa shape index (κ3) is 5.02. The van der Waals surface area contributed by atoms with Crippen LogP contribution >= 0.6 is 11.6 Å². The van der Waals surface area contributed by atoms with Gasteiger partial charge in [0.15, 0.2) is 5.82 Å². The van der Waals surface area contributed by atoms with Crippen LogP contribution in [0, 0.1) is 17.5 Å². The van der Waals surface area contributed by atoms with Gasteiger partial charge in [-0.05, 0) is 48.5 Å². The van der Waals surface area contributed by atoms with Crippen molar-refractivity contribution in [2.75, 3.05) is 5.32 Å². The SMILES string of the molecule is O=C(Nc1cc(-c2ccncc2F)nc2c1C(c1cc(F)ccc1Cl)NC2=O)c1cc(F)cc(C(F)(F)F)c1. The van der Waals surface area contributed by atoms with Crippen LogP contribution < -0.4 is 10.6 Å². The fraction of sp³-hybridized carbons (Fsp3) is 0.0769. The highest BCUT2D eigenvalue weighted by Crippen LogP contribution is 2.41. The number of fused-ring (bicyclic) bond motifs is 1. The summed E-state index contributed by atoms with van der Waals surface area (Å²) in [5.74, 6) is -4.75. The van der Waals surface area contributed by atoms with E-state index < -0.39 is 52.6 Å². The molecular formula is C26H13ClF6N4O2. The molecular weight excluding hydrogens is 550 g/mol. The summed E-state index contributed by atoms with van der Waals surface area (Å²) in [5.41, 5.74) is -2.68. The van der Waals surface area contributed by atoms with Gasteiger partial charge in [-0.25, -0.2) is 18.2 Å². The van der Waals surface area contributed by atoms with Crippen molar-refractivity contribution in [1.29, 1.82) is 0 Å². The van der Waals surface area contributed by atoms with E-state index in [1.807, 2.05) is 0 Å². The second kappa shape index (κ2) is 9.70. The maximum Gasteiger partial charge on any atom is 0.416 e. The number of amides is 2. The Morgan fingerprint density at radius 1 is 1.00 bits per heavy atom. The first kappa shape index (κ1) is 26.2. The number of carbonyl (C=O) groups is 2. The number of rotatable bonds is 4. The molecule has 0 saturated carbocycles. The maximum absolute atomic E-state index is 14.5. The Labute approximate surface area is 220 Å². The molecule has 198 valence electrons. The number of aromatic nitrogens is 2. The van der Waals surface area contributed by atoms with Gasteiger partial charge in [0, 0.05) is 33.5 Å². The zero-order valence-corrected chi connectivity index (χ0v) is 20.0. The molecule has 6 nitrogen and oxygen atoms in total. The molecule has 2 aromatic carbocycles. The molecule has 0 bridgehead atoms. The van der Waals surface area contributed by atoms with E-state index >= 15 is 0 Å². The Hall–Kier alpha value is -4.45. The first-order valence-electron chi connectivity index (χ1n) is 11.0. The van der Waals surface area contributed by atoms with E-state index in [9.17, 15) is 35.9 Å². The van der Waals surface area contributed by atoms with Gasteiger partial charge in [0.2, 0.25) is 0 Å². The van der Waals surface area contributed by atoms with Crippen LogP contribution in [0.4, 0.5) is 32.0 Å². The van der Waals surface area contributed by atoms with E-state index in [2.05, 4.69) is 20.6 Å². The molecule has 2 N–H and O–H groups in total. The molecule has 13 heteroatoms. The van der Waals surface area contributed by atoms with Gasteiger partial charge in [-0.15, -0.1) is 0 Å². The highest BCUT2D eigenvalue weighted by Gasteiger charge is 2.37. The van der Waals surface area contributed by atoms with Gasteiger partial charge in [0.1, 0.15) is 17.3 Å². The van der Waals surface area contributed by atoms with Gasteiger partial charge in [-0.2, -0.15) is 13.2 Å². The van der Waals surface area contributed by atoms with Crippen molar-refractivity contribution < 1.29 is 35.9 Å². The lowest BCUT2D eigenvalue weighted by atomic mass is 9.97. The zero-order valence-electron chi connectivity index (χ0n) is 19.2. The summed E-state index contributed by atoms with van der Waals surface area (Å²) in [6.45, 7) is 0. The first-order chi connectivity index (χ1) is 18.4. The van der Waals surface area contributed by atoms with Gasteiger partial charge in [-0.1, -0.05) is 11.6 Å². The van der Waals surface area contributed by atoms with E-state index in [0.29, 0.717) is 12.1 Å². The Morgan fingerprint density at radius 3 is 2.49 bits per heavy atom. The standard InChI is InChI=1S/C26H13ClF6N4O2/c27-17-2-1-13(28)8-16(17)22-21-20(36-24(38)11-5-12(26(31,32)33)7-14(29)6-11)9-19(35-23(21)25(39)37-22)15-3-4-34-10-18(15)30/h1-10,22H,(H,37,39)(H,35,36,38). The number of pyridine rings is 2. The van der Waals surface area contributed by atoms with Gasteiger partial charge in [0.05, 0.1) is 29.2 Å². The van der Waals surface area contributed by atoms with E-state index in [0.717, 1.165) is 18.3 Å². The molecule has 0 fully saturated rings. The smallest absolute Gasteiger partial charge is 0.340 e. The van der Waals surface area contributed by atoms with Crippen molar-refractivity contribution >= 4 is 29.1 Å². The highest BCUT2D eigenvalue weighted by molar-refractivity contribution is 6.31. The number of hydrogen-bond acceptors (Lipinski definition) is 4. The van der Waals surface area contributed by atoms with Crippen LogP contribution in [0.2, 0.25) is 5.02 Å². The molecule has 39 heavy (non-hydrogen) atoms. The number of benzene rings is 2. The van der Waals surface area contributed by atoms with Gasteiger partial charge in [0.25, 0.3) is 11.8 Å². The molecule has 1 atom stereocenters. The zero-order chi connectivity index (χ0) is 28.1. The van der Waals surface area contributed by atoms with Crippen LogP contribution in [0.25, 0.3) is 11.3 Å². The average Bonchev–Trinajstić information content (AvgIpc) is 3.21. The molecule has 5 rings (SSSR count). The number of anilines is 1. The molecule has 4 aromatic rings. The molecule has 0 aliphatic carbocycles. The Kier molecular flexibility index (Phi) is 6.51. The van der Waals surface area contributed by atoms with Crippen molar-refractivity contribution in [3.05, 3.63) is 111 Å². The van der Waals surface area contributed by atoms with Crippen molar-refractivity contribution in [2.24, 2.45) is 0 Å². The molecule has 1 unspecified atom stereocenters. The predicted molar refractivity (Wildman–Crippen MR) is 128 cm³/mol. The number of halogens is 7. The molecule has 0 spiro atoms. The summed E-state index contributed by atoms with van der Waals surface area (Å²) in [5, 5.41) is 4.99. The number of carbonyl (C=O) groups excluding carboxylic acids is 2. The molecule has 2 aromatic heterocycles. The Balaban J connectivity index is 1.68. The normalized spacial score (nSPS) is 14.6.